The van der Waals surface area contributed by atoms with Crippen LogP contribution in [0.4, 0.5) is 11.6 Å². The first-order chi connectivity index (χ1) is 19.1. The maximum absolute atomic E-state index is 12.8. The van der Waals surface area contributed by atoms with Crippen molar-refractivity contribution in [1.82, 2.24) is 35.6 Å². The molecular formula is C24H24Cl2N10O4. The average Bonchev–Trinajstić information content (AvgIpc) is 3.58. The lowest BCUT2D eigenvalue weighted by Crippen LogP contribution is -2.57. The molecule has 0 bridgehead atoms. The summed E-state index contributed by atoms with van der Waals surface area (Å²) in [7, 11) is 0. The third-order valence-electron chi connectivity index (χ3n) is 6.68. The van der Waals surface area contributed by atoms with Gasteiger partial charge in [-0.1, -0.05) is 28.4 Å². The number of halogens is 2. The summed E-state index contributed by atoms with van der Waals surface area (Å²) in [6.07, 6.45) is 1.16. The second-order valence-corrected chi connectivity index (χ2v) is 10.2. The van der Waals surface area contributed by atoms with Crippen LogP contribution in [0.1, 0.15) is 46.9 Å². The molecule has 0 unspecified atom stereocenters. The number of guanidine groups is 1. The summed E-state index contributed by atoms with van der Waals surface area (Å²) < 4.78 is 5.09. The number of amides is 2. The second-order valence-electron chi connectivity index (χ2n) is 9.39. The first-order valence-corrected chi connectivity index (χ1v) is 13.0. The number of piperidine rings is 1. The van der Waals surface area contributed by atoms with Crippen molar-refractivity contribution in [3.05, 3.63) is 46.0 Å². The van der Waals surface area contributed by atoms with Crippen LogP contribution < -0.4 is 22.1 Å². The van der Waals surface area contributed by atoms with Crippen LogP contribution in [0.2, 0.25) is 10.2 Å². The molecule has 208 valence electrons. The number of hydrogen-bond acceptors (Lipinski definition) is 12. The van der Waals surface area contributed by atoms with Gasteiger partial charge < -0.3 is 26.2 Å². The Morgan fingerprint density at radius 3 is 2.48 bits per heavy atom. The number of anilines is 2. The number of carbonyl (C=O) groups excluding carboxylic acids is 3. The summed E-state index contributed by atoms with van der Waals surface area (Å²) in [4.78, 5) is 55.8. The van der Waals surface area contributed by atoms with Crippen molar-refractivity contribution in [2.45, 2.75) is 31.2 Å². The van der Waals surface area contributed by atoms with E-state index in [9.17, 15) is 14.4 Å². The molecule has 2 amide bonds. The fourth-order valence-corrected chi connectivity index (χ4v) is 4.67. The summed E-state index contributed by atoms with van der Waals surface area (Å²) in [5.74, 6) is -1.03. The van der Waals surface area contributed by atoms with E-state index >= 15 is 0 Å². The van der Waals surface area contributed by atoms with Gasteiger partial charge in [0.15, 0.2) is 28.4 Å². The topological polar surface area (TPSA) is 208 Å². The van der Waals surface area contributed by atoms with E-state index in [1.165, 1.54) is 0 Å². The monoisotopic (exact) mass is 586 g/mol. The molecule has 16 heteroatoms. The molecule has 6 N–H and O–H groups in total. The van der Waals surface area contributed by atoms with Crippen LogP contribution >= 0.6 is 23.2 Å². The van der Waals surface area contributed by atoms with Gasteiger partial charge in [0.1, 0.15) is 0 Å². The first-order valence-electron chi connectivity index (χ1n) is 12.3. The SMILES string of the molecule is Nc1nc(N)c(C(=O)NC2=NCC3(CCN(C(=O)CCC(=O)c4nc(-c5ccc(Cl)cc5)no4)CC3)N2)nc1Cl. The summed E-state index contributed by atoms with van der Waals surface area (Å²) in [6.45, 7) is 1.34. The highest BCUT2D eigenvalue weighted by atomic mass is 35.5. The highest BCUT2D eigenvalue weighted by Gasteiger charge is 2.40. The Bertz CT molecular complexity index is 1500. The predicted octanol–water partition coefficient (Wildman–Crippen LogP) is 1.71. The number of ketones is 1. The van der Waals surface area contributed by atoms with Gasteiger partial charge in [0.25, 0.3) is 11.8 Å². The summed E-state index contributed by atoms with van der Waals surface area (Å²) in [5.41, 5.74) is 11.4. The van der Waals surface area contributed by atoms with Gasteiger partial charge in [-0.3, -0.25) is 24.7 Å². The number of carbonyl (C=O) groups is 3. The van der Waals surface area contributed by atoms with E-state index in [1.54, 1.807) is 29.2 Å². The molecule has 0 atom stereocenters. The Morgan fingerprint density at radius 2 is 1.75 bits per heavy atom. The Labute approximate surface area is 237 Å². The first kappa shape index (κ1) is 27.3. The van der Waals surface area contributed by atoms with Crippen LogP contribution in [0.5, 0.6) is 0 Å². The zero-order valence-electron chi connectivity index (χ0n) is 21.0. The maximum Gasteiger partial charge on any atom is 0.294 e. The normalized spacial score (nSPS) is 15.9. The molecule has 14 nitrogen and oxygen atoms in total. The van der Waals surface area contributed by atoms with Gasteiger partial charge in [0, 0.05) is 36.5 Å². The molecule has 0 radical (unpaired) electrons. The maximum atomic E-state index is 12.8. The van der Waals surface area contributed by atoms with Gasteiger partial charge in [-0.05, 0) is 37.1 Å². The minimum atomic E-state index is -0.631. The van der Waals surface area contributed by atoms with Crippen molar-refractivity contribution in [1.29, 1.82) is 0 Å². The van der Waals surface area contributed by atoms with E-state index in [4.69, 9.17) is 39.2 Å². The van der Waals surface area contributed by atoms with Crippen LogP contribution in [-0.2, 0) is 4.79 Å². The summed E-state index contributed by atoms with van der Waals surface area (Å²) >= 11 is 11.7. The Balaban J connectivity index is 1.08. The van der Waals surface area contributed by atoms with Crippen molar-refractivity contribution in [3.8, 4) is 11.4 Å². The Hall–Kier alpha value is -4.30. The molecule has 2 aliphatic rings. The quantitative estimate of drug-likeness (QED) is 0.305. The lowest BCUT2D eigenvalue weighted by Gasteiger charge is -2.39. The number of nitrogen functional groups attached to an aromatic ring is 2. The third-order valence-corrected chi connectivity index (χ3v) is 7.21. The zero-order valence-corrected chi connectivity index (χ0v) is 22.5. The van der Waals surface area contributed by atoms with Crippen molar-refractivity contribution < 1.29 is 18.9 Å². The molecule has 1 fully saturated rings. The third kappa shape index (κ3) is 5.82. The number of aliphatic imine (C=N–C) groups is 1. The predicted molar refractivity (Wildman–Crippen MR) is 146 cm³/mol. The van der Waals surface area contributed by atoms with Gasteiger partial charge in [0.2, 0.25) is 17.5 Å². The van der Waals surface area contributed by atoms with Gasteiger partial charge in [-0.25, -0.2) is 9.97 Å². The standard InChI is InChI=1S/C24H24Cl2N10O4/c25-13-3-1-12(2-4-13)20-32-22(40-35-20)14(37)5-6-15(38)36-9-7-24(8-10-36)11-29-23(34-24)33-21(39)16-18(27)31-19(28)17(26)30-16/h1-4H,5-11H2,(H4,27,28,31)(H2,29,33,34,39). The summed E-state index contributed by atoms with van der Waals surface area (Å²) in [5, 5.41) is 10.1. The molecule has 1 aromatic carbocycles. The van der Waals surface area contributed by atoms with E-state index in [2.05, 4.69) is 35.7 Å². The van der Waals surface area contributed by atoms with Gasteiger partial charge in [-0.2, -0.15) is 4.98 Å². The van der Waals surface area contributed by atoms with Crippen LogP contribution in [0, 0.1) is 0 Å². The second kappa shape index (κ2) is 11.1. The van der Waals surface area contributed by atoms with E-state index in [1.807, 2.05) is 0 Å². The molecule has 0 aliphatic carbocycles. The highest BCUT2D eigenvalue weighted by molar-refractivity contribution is 6.32. The van der Waals surface area contributed by atoms with Crippen molar-refractivity contribution in [2.75, 3.05) is 31.1 Å². The number of nitrogens with zero attached hydrogens (tertiary/aromatic N) is 6. The summed E-state index contributed by atoms with van der Waals surface area (Å²) in [6, 6.07) is 6.80. The van der Waals surface area contributed by atoms with Gasteiger partial charge >= 0.3 is 0 Å². The van der Waals surface area contributed by atoms with Crippen LogP contribution in [0.15, 0.2) is 33.8 Å². The molecule has 1 saturated heterocycles. The molecular weight excluding hydrogens is 563 g/mol. The number of nitrogens with two attached hydrogens (primary N) is 2. The Kier molecular flexibility index (Phi) is 7.54. The van der Waals surface area contributed by atoms with Crippen molar-refractivity contribution in [2.24, 2.45) is 4.99 Å². The molecule has 0 saturated carbocycles. The van der Waals surface area contributed by atoms with Gasteiger partial charge in [0.05, 0.1) is 12.1 Å². The van der Waals surface area contributed by atoms with Crippen LogP contribution in [-0.4, -0.2) is 73.7 Å². The largest absolute Gasteiger partial charge is 0.382 e. The van der Waals surface area contributed by atoms with E-state index in [-0.39, 0.29) is 58.9 Å². The number of hydrogen-bond donors (Lipinski definition) is 4. The van der Waals surface area contributed by atoms with Crippen LogP contribution in [0.3, 0.4) is 0 Å². The number of Topliss-reactive ketones (excluding diaryl/α,β-unsaturated/α-hetero) is 1. The number of aromatic nitrogens is 4. The molecule has 2 aromatic heterocycles. The van der Waals surface area contributed by atoms with Crippen molar-refractivity contribution >= 4 is 58.4 Å². The number of nitrogens with one attached hydrogen (secondary N) is 2. The smallest absolute Gasteiger partial charge is 0.294 e. The van der Waals surface area contributed by atoms with E-state index in [0.717, 1.165) is 0 Å². The zero-order chi connectivity index (χ0) is 28.4. The fraction of sp³-hybridized carbons (Fsp3) is 0.333. The molecule has 1 spiro atoms. The molecule has 2 aliphatic heterocycles. The lowest BCUT2D eigenvalue weighted by atomic mass is 9.88. The number of rotatable bonds is 6. The molecule has 40 heavy (non-hydrogen) atoms. The minimum absolute atomic E-state index is 0.0162. The lowest BCUT2D eigenvalue weighted by molar-refractivity contribution is -0.132. The number of likely N-dealkylation sites (tertiary alicyclic amines) is 1. The Morgan fingerprint density at radius 1 is 1.02 bits per heavy atom. The van der Waals surface area contributed by atoms with E-state index in [0.29, 0.717) is 43.1 Å². The molecule has 5 rings (SSSR count). The van der Waals surface area contributed by atoms with Gasteiger partial charge in [-0.15, -0.1) is 0 Å². The van der Waals surface area contributed by atoms with Crippen molar-refractivity contribution in [3.63, 3.8) is 0 Å². The molecule has 4 heterocycles. The number of benzene rings is 1. The molecule has 3 aromatic rings. The van der Waals surface area contributed by atoms with Crippen LogP contribution in [0.25, 0.3) is 11.4 Å². The van der Waals surface area contributed by atoms with E-state index < -0.39 is 17.2 Å². The minimum Gasteiger partial charge on any atom is -0.382 e. The highest BCUT2D eigenvalue weighted by Crippen LogP contribution is 2.27. The average molecular weight is 587 g/mol. The fourth-order valence-electron chi connectivity index (χ4n) is 4.41.